The first kappa shape index (κ1) is 15.2. The van der Waals surface area contributed by atoms with Gasteiger partial charge in [-0.25, -0.2) is 13.1 Å². The van der Waals surface area contributed by atoms with Crippen LogP contribution in [0.2, 0.25) is 0 Å². The van der Waals surface area contributed by atoms with Crippen molar-refractivity contribution in [2.45, 2.75) is 17.9 Å². The molecule has 0 aromatic heterocycles. The fraction of sp³-hybridized carbons (Fsp3) is 0.538. The Kier molecular flexibility index (Phi) is 4.98. The zero-order valence-electron chi connectivity index (χ0n) is 11.6. The Balaban J connectivity index is 1.99. The molecule has 1 atom stereocenters. The minimum absolute atomic E-state index is 0.133. The molecule has 2 rings (SSSR count). The van der Waals surface area contributed by atoms with Gasteiger partial charge in [0.15, 0.2) is 0 Å². The second-order valence-electron chi connectivity index (χ2n) is 4.97. The van der Waals surface area contributed by atoms with Crippen LogP contribution in [0, 0.1) is 0 Å². The van der Waals surface area contributed by atoms with Gasteiger partial charge in [-0.2, -0.15) is 0 Å². The van der Waals surface area contributed by atoms with Crippen molar-refractivity contribution in [1.29, 1.82) is 0 Å². The molecule has 1 unspecified atom stereocenters. The van der Waals surface area contributed by atoms with Gasteiger partial charge in [0.05, 0.1) is 18.9 Å². The molecule has 0 radical (unpaired) electrons. The van der Waals surface area contributed by atoms with Crippen LogP contribution >= 0.6 is 0 Å². The molecule has 0 amide bonds. The molecule has 3 N–H and O–H groups in total. The number of sulfonamides is 1. The molecule has 0 bridgehead atoms. The number of nitrogen functional groups attached to an aromatic ring is 1. The highest BCUT2D eigenvalue weighted by Gasteiger charge is 2.21. The van der Waals surface area contributed by atoms with Crippen molar-refractivity contribution in [3.05, 3.63) is 24.3 Å². The third kappa shape index (κ3) is 3.92. The molecule has 1 aliphatic rings. The number of para-hydroxylation sites is 1. The standard InChI is InChI=1S/C13H21N3O3S/c1-11(10-16-6-8-19-9-7-16)15-20(17,18)13-5-3-2-4-12(13)14/h2-5,11,15H,6-10,14H2,1H3. The normalized spacial score (nSPS) is 18.9. The number of benzene rings is 1. The van der Waals surface area contributed by atoms with Crippen LogP contribution in [0.5, 0.6) is 0 Å². The van der Waals surface area contributed by atoms with Crippen LogP contribution in [0.3, 0.4) is 0 Å². The lowest BCUT2D eigenvalue weighted by atomic mass is 10.3. The number of nitrogens with zero attached hydrogens (tertiary/aromatic N) is 1. The zero-order chi connectivity index (χ0) is 14.6. The minimum Gasteiger partial charge on any atom is -0.398 e. The quantitative estimate of drug-likeness (QED) is 0.762. The zero-order valence-corrected chi connectivity index (χ0v) is 12.4. The first-order chi connectivity index (χ1) is 9.49. The summed E-state index contributed by atoms with van der Waals surface area (Å²) in [6, 6.07) is 6.29. The second-order valence-corrected chi connectivity index (χ2v) is 6.66. The van der Waals surface area contributed by atoms with Crippen LogP contribution in [0.15, 0.2) is 29.2 Å². The van der Waals surface area contributed by atoms with Gasteiger partial charge in [0.2, 0.25) is 10.0 Å². The SMILES string of the molecule is CC(CN1CCOCC1)NS(=O)(=O)c1ccccc1N. The molecule has 0 spiro atoms. The molecule has 1 heterocycles. The van der Waals surface area contributed by atoms with E-state index in [-0.39, 0.29) is 16.6 Å². The van der Waals surface area contributed by atoms with Gasteiger partial charge in [0.25, 0.3) is 0 Å². The van der Waals surface area contributed by atoms with Crippen LogP contribution in [0.25, 0.3) is 0 Å². The number of hydrogen-bond donors (Lipinski definition) is 2. The number of morpholine rings is 1. The maximum absolute atomic E-state index is 12.3. The maximum Gasteiger partial charge on any atom is 0.242 e. The summed E-state index contributed by atoms with van der Waals surface area (Å²) in [6.07, 6.45) is 0. The van der Waals surface area contributed by atoms with E-state index in [1.165, 1.54) is 6.07 Å². The van der Waals surface area contributed by atoms with Crippen LogP contribution < -0.4 is 10.5 Å². The van der Waals surface area contributed by atoms with Gasteiger partial charge in [-0.1, -0.05) is 12.1 Å². The summed E-state index contributed by atoms with van der Waals surface area (Å²) in [4.78, 5) is 2.32. The number of ether oxygens (including phenoxy) is 1. The van der Waals surface area contributed by atoms with Crippen molar-refractivity contribution in [3.8, 4) is 0 Å². The lowest BCUT2D eigenvalue weighted by Gasteiger charge is -2.29. The topological polar surface area (TPSA) is 84.7 Å². The van der Waals surface area contributed by atoms with E-state index in [0.717, 1.165) is 13.1 Å². The van der Waals surface area contributed by atoms with E-state index in [1.54, 1.807) is 18.2 Å². The van der Waals surface area contributed by atoms with E-state index in [9.17, 15) is 8.42 Å². The highest BCUT2D eigenvalue weighted by molar-refractivity contribution is 7.89. The lowest BCUT2D eigenvalue weighted by molar-refractivity contribution is 0.0354. The lowest BCUT2D eigenvalue weighted by Crippen LogP contribution is -2.46. The summed E-state index contributed by atoms with van der Waals surface area (Å²) < 4.78 is 32.5. The number of anilines is 1. The summed E-state index contributed by atoms with van der Waals surface area (Å²) in [5, 5.41) is 0. The van der Waals surface area contributed by atoms with Gasteiger partial charge in [-0.3, -0.25) is 4.90 Å². The van der Waals surface area contributed by atoms with E-state index < -0.39 is 10.0 Å². The molecule has 0 aliphatic carbocycles. The van der Waals surface area contributed by atoms with Crippen molar-refractivity contribution in [2.24, 2.45) is 0 Å². The fourth-order valence-electron chi connectivity index (χ4n) is 2.26. The number of hydrogen-bond acceptors (Lipinski definition) is 5. The summed E-state index contributed by atoms with van der Waals surface area (Å²) in [5.41, 5.74) is 5.98. The Labute approximate surface area is 120 Å². The fourth-order valence-corrected chi connectivity index (χ4v) is 3.63. The highest BCUT2D eigenvalue weighted by atomic mass is 32.2. The molecule has 6 nitrogen and oxygen atoms in total. The van der Waals surface area contributed by atoms with E-state index >= 15 is 0 Å². The smallest absolute Gasteiger partial charge is 0.242 e. The Morgan fingerprint density at radius 3 is 2.65 bits per heavy atom. The molecular weight excluding hydrogens is 278 g/mol. The third-order valence-electron chi connectivity index (χ3n) is 3.20. The van der Waals surface area contributed by atoms with Crippen LogP contribution in [0.1, 0.15) is 6.92 Å². The van der Waals surface area contributed by atoms with Gasteiger partial charge in [0.1, 0.15) is 4.90 Å². The molecular formula is C13H21N3O3S. The molecule has 112 valence electrons. The first-order valence-electron chi connectivity index (χ1n) is 6.66. The van der Waals surface area contributed by atoms with E-state index in [0.29, 0.717) is 19.8 Å². The molecule has 1 saturated heterocycles. The molecule has 0 saturated carbocycles. The Bertz CT molecular complexity index is 542. The third-order valence-corrected chi connectivity index (χ3v) is 4.86. The second kappa shape index (κ2) is 6.53. The predicted molar refractivity (Wildman–Crippen MR) is 77.9 cm³/mol. The summed E-state index contributed by atoms with van der Waals surface area (Å²) in [6.45, 7) is 5.58. The van der Waals surface area contributed by atoms with Crippen molar-refractivity contribution in [3.63, 3.8) is 0 Å². The summed E-state index contributed by atoms with van der Waals surface area (Å²) >= 11 is 0. The summed E-state index contributed by atoms with van der Waals surface area (Å²) in [5.74, 6) is 0. The first-order valence-corrected chi connectivity index (χ1v) is 8.14. The van der Waals surface area contributed by atoms with E-state index in [2.05, 4.69) is 9.62 Å². The Morgan fingerprint density at radius 1 is 1.35 bits per heavy atom. The number of nitrogens with two attached hydrogens (primary N) is 1. The minimum atomic E-state index is -3.57. The van der Waals surface area contributed by atoms with Crippen molar-refractivity contribution < 1.29 is 13.2 Å². The van der Waals surface area contributed by atoms with Gasteiger partial charge in [-0.05, 0) is 19.1 Å². The van der Waals surface area contributed by atoms with Crippen LogP contribution in [-0.2, 0) is 14.8 Å². The predicted octanol–water partition coefficient (Wildman–Crippen LogP) is 0.268. The van der Waals surface area contributed by atoms with Crippen LogP contribution in [0.4, 0.5) is 5.69 Å². The monoisotopic (exact) mass is 299 g/mol. The highest BCUT2D eigenvalue weighted by Crippen LogP contribution is 2.17. The molecule has 20 heavy (non-hydrogen) atoms. The van der Waals surface area contributed by atoms with E-state index in [1.807, 2.05) is 6.92 Å². The van der Waals surface area contributed by atoms with Gasteiger partial charge in [0, 0.05) is 25.7 Å². The van der Waals surface area contributed by atoms with Crippen LogP contribution in [-0.4, -0.2) is 52.2 Å². The average molecular weight is 299 g/mol. The van der Waals surface area contributed by atoms with Gasteiger partial charge >= 0.3 is 0 Å². The van der Waals surface area contributed by atoms with Crippen molar-refractivity contribution in [2.75, 3.05) is 38.6 Å². The summed E-state index contributed by atoms with van der Waals surface area (Å²) in [7, 11) is -3.57. The maximum atomic E-state index is 12.3. The molecule has 1 aliphatic heterocycles. The Morgan fingerprint density at radius 2 is 2.00 bits per heavy atom. The van der Waals surface area contributed by atoms with Crippen molar-refractivity contribution in [1.82, 2.24) is 9.62 Å². The average Bonchev–Trinajstić information content (AvgIpc) is 2.39. The number of nitrogens with one attached hydrogen (secondary N) is 1. The molecule has 1 aromatic rings. The van der Waals surface area contributed by atoms with Gasteiger partial charge < -0.3 is 10.5 Å². The van der Waals surface area contributed by atoms with E-state index in [4.69, 9.17) is 10.5 Å². The largest absolute Gasteiger partial charge is 0.398 e. The Hall–Kier alpha value is -1.15. The molecule has 7 heteroatoms. The number of rotatable bonds is 5. The molecule has 1 aromatic carbocycles. The van der Waals surface area contributed by atoms with Crippen molar-refractivity contribution >= 4 is 15.7 Å². The molecule has 1 fully saturated rings. The van der Waals surface area contributed by atoms with Gasteiger partial charge in [-0.15, -0.1) is 0 Å².